The minimum atomic E-state index is -0.725. The van der Waals surface area contributed by atoms with Gasteiger partial charge < -0.3 is 22.1 Å². The number of hydrogen-bond acceptors (Lipinski definition) is 7. The molecule has 9 nitrogen and oxygen atoms in total. The Labute approximate surface area is 132 Å². The van der Waals surface area contributed by atoms with Crippen molar-refractivity contribution in [2.24, 2.45) is 11.5 Å². The average molecular weight is 315 g/mol. The van der Waals surface area contributed by atoms with E-state index in [1.165, 1.54) is 6.20 Å². The van der Waals surface area contributed by atoms with E-state index in [4.69, 9.17) is 11.5 Å². The minimum absolute atomic E-state index is 0.0217. The minimum Gasteiger partial charge on any atom is -0.368 e. The Bertz CT molecular complexity index is 706. The monoisotopic (exact) mass is 315 g/mol. The molecule has 1 atom stereocenters. The van der Waals surface area contributed by atoms with Crippen LogP contribution in [0.1, 0.15) is 23.8 Å². The number of rotatable bonds is 7. The van der Waals surface area contributed by atoms with E-state index in [1.807, 2.05) is 6.92 Å². The van der Waals surface area contributed by atoms with E-state index in [0.717, 1.165) is 0 Å². The number of amides is 2. The summed E-state index contributed by atoms with van der Waals surface area (Å²) in [6, 6.07) is 2.88. The predicted molar refractivity (Wildman–Crippen MR) is 85.0 cm³/mol. The fourth-order valence-electron chi connectivity index (χ4n) is 1.85. The fourth-order valence-corrected chi connectivity index (χ4v) is 1.85. The van der Waals surface area contributed by atoms with Crippen molar-refractivity contribution in [2.45, 2.75) is 19.4 Å². The maximum atomic E-state index is 11.5. The molecule has 2 rings (SSSR count). The molecular formula is C14H17N7O2. The second-order valence-corrected chi connectivity index (χ2v) is 4.69. The van der Waals surface area contributed by atoms with Crippen molar-refractivity contribution < 1.29 is 9.59 Å². The van der Waals surface area contributed by atoms with E-state index >= 15 is 0 Å². The molecule has 0 radical (unpaired) electrons. The van der Waals surface area contributed by atoms with Crippen LogP contribution in [0, 0.1) is 0 Å². The molecule has 2 amide bonds. The van der Waals surface area contributed by atoms with Crippen LogP contribution in [0.5, 0.6) is 0 Å². The van der Waals surface area contributed by atoms with Crippen LogP contribution in [0.2, 0.25) is 0 Å². The number of primary amides is 2. The lowest BCUT2D eigenvalue weighted by Gasteiger charge is -2.15. The molecule has 9 heteroatoms. The highest BCUT2D eigenvalue weighted by atomic mass is 16.1. The number of carbonyl (C=O) groups excluding carboxylic acids is 2. The molecule has 0 aromatic carbocycles. The molecule has 2 heterocycles. The van der Waals surface area contributed by atoms with Crippen molar-refractivity contribution >= 4 is 29.1 Å². The molecular weight excluding hydrogens is 298 g/mol. The maximum Gasteiger partial charge on any atom is 0.271 e. The topological polar surface area (TPSA) is 149 Å². The Hall–Kier alpha value is -3.23. The first-order chi connectivity index (χ1) is 11.0. The van der Waals surface area contributed by atoms with Gasteiger partial charge >= 0.3 is 0 Å². The molecule has 2 aromatic rings. The van der Waals surface area contributed by atoms with E-state index in [1.54, 1.807) is 24.5 Å². The average Bonchev–Trinajstić information content (AvgIpc) is 2.53. The lowest BCUT2D eigenvalue weighted by molar-refractivity contribution is -0.118. The van der Waals surface area contributed by atoms with Gasteiger partial charge in [-0.25, -0.2) is 9.97 Å². The Morgan fingerprint density at radius 3 is 2.65 bits per heavy atom. The maximum absolute atomic E-state index is 11.5. The van der Waals surface area contributed by atoms with Crippen LogP contribution in [0.4, 0.5) is 17.3 Å². The highest BCUT2D eigenvalue weighted by Gasteiger charge is 2.17. The molecule has 0 bridgehead atoms. The van der Waals surface area contributed by atoms with E-state index in [9.17, 15) is 9.59 Å². The first-order valence-electron chi connectivity index (χ1n) is 6.91. The molecule has 120 valence electrons. The standard InChI is InChI=1S/C14H17N7O2/c1-2-9(12(15)22)20-10-7-18-11(13(16)23)14(21-10)19-8-4-3-5-17-6-8/h3-7,9H,2H2,1H3,(H2,15,22)(H2,16,23)(H2,19,20,21). The lowest BCUT2D eigenvalue weighted by atomic mass is 10.2. The molecule has 0 aliphatic carbocycles. The van der Waals surface area contributed by atoms with Gasteiger partial charge in [-0.1, -0.05) is 6.92 Å². The normalized spacial score (nSPS) is 11.5. The summed E-state index contributed by atoms with van der Waals surface area (Å²) >= 11 is 0. The number of nitrogens with two attached hydrogens (primary N) is 2. The number of pyridine rings is 1. The van der Waals surface area contributed by atoms with Crippen LogP contribution < -0.4 is 22.1 Å². The van der Waals surface area contributed by atoms with Gasteiger partial charge in [-0.2, -0.15) is 0 Å². The Kier molecular flexibility index (Phi) is 5.03. The van der Waals surface area contributed by atoms with E-state index < -0.39 is 17.9 Å². The lowest BCUT2D eigenvalue weighted by Crippen LogP contribution is -2.35. The number of hydrogen-bond donors (Lipinski definition) is 4. The molecule has 0 saturated heterocycles. The van der Waals surface area contributed by atoms with Crippen molar-refractivity contribution in [1.82, 2.24) is 15.0 Å². The van der Waals surface area contributed by atoms with Crippen LogP contribution in [-0.2, 0) is 4.79 Å². The number of carbonyl (C=O) groups is 2. The fraction of sp³-hybridized carbons (Fsp3) is 0.214. The summed E-state index contributed by atoms with van der Waals surface area (Å²) < 4.78 is 0. The highest BCUT2D eigenvalue weighted by molar-refractivity contribution is 5.96. The molecule has 0 aliphatic rings. The van der Waals surface area contributed by atoms with Crippen LogP contribution in [0.25, 0.3) is 0 Å². The highest BCUT2D eigenvalue weighted by Crippen LogP contribution is 2.19. The number of aromatic nitrogens is 3. The zero-order valence-electron chi connectivity index (χ0n) is 12.5. The van der Waals surface area contributed by atoms with Crippen molar-refractivity contribution in [1.29, 1.82) is 0 Å². The van der Waals surface area contributed by atoms with Crippen molar-refractivity contribution in [3.05, 3.63) is 36.4 Å². The van der Waals surface area contributed by atoms with Crippen LogP contribution >= 0.6 is 0 Å². The molecule has 0 fully saturated rings. The summed E-state index contributed by atoms with van der Waals surface area (Å²) in [5, 5.41) is 5.79. The summed E-state index contributed by atoms with van der Waals surface area (Å²) in [6.07, 6.45) is 4.98. The van der Waals surface area contributed by atoms with Gasteiger partial charge in [0.1, 0.15) is 11.9 Å². The Morgan fingerprint density at radius 2 is 2.09 bits per heavy atom. The molecule has 1 unspecified atom stereocenters. The van der Waals surface area contributed by atoms with Gasteiger partial charge in [-0.3, -0.25) is 14.6 Å². The quantitative estimate of drug-likeness (QED) is 0.577. The van der Waals surface area contributed by atoms with Crippen molar-refractivity contribution in [3.63, 3.8) is 0 Å². The molecule has 6 N–H and O–H groups in total. The van der Waals surface area contributed by atoms with Gasteiger partial charge in [0.05, 0.1) is 18.1 Å². The van der Waals surface area contributed by atoms with Crippen LogP contribution in [0.3, 0.4) is 0 Å². The van der Waals surface area contributed by atoms with E-state index in [2.05, 4.69) is 25.6 Å². The smallest absolute Gasteiger partial charge is 0.271 e. The zero-order valence-corrected chi connectivity index (χ0v) is 12.5. The Morgan fingerprint density at radius 1 is 1.30 bits per heavy atom. The summed E-state index contributed by atoms with van der Waals surface area (Å²) in [5.41, 5.74) is 11.2. The molecule has 0 spiro atoms. The van der Waals surface area contributed by atoms with Gasteiger partial charge in [-0.15, -0.1) is 0 Å². The van der Waals surface area contributed by atoms with Crippen LogP contribution in [-0.4, -0.2) is 32.8 Å². The SMILES string of the molecule is CCC(Nc1cnc(C(N)=O)c(Nc2cccnc2)n1)C(N)=O. The third kappa shape index (κ3) is 4.13. The first-order valence-corrected chi connectivity index (χ1v) is 6.91. The number of anilines is 3. The third-order valence-corrected chi connectivity index (χ3v) is 3.00. The van der Waals surface area contributed by atoms with Gasteiger partial charge in [0, 0.05) is 6.20 Å². The van der Waals surface area contributed by atoms with Gasteiger partial charge in [-0.05, 0) is 18.6 Å². The summed E-state index contributed by atoms with van der Waals surface area (Å²) in [7, 11) is 0. The van der Waals surface area contributed by atoms with Crippen LogP contribution in [0.15, 0.2) is 30.7 Å². The molecule has 0 aliphatic heterocycles. The number of nitrogens with zero attached hydrogens (tertiary/aromatic N) is 3. The summed E-state index contributed by atoms with van der Waals surface area (Å²) in [5.74, 6) is -0.769. The molecule has 23 heavy (non-hydrogen) atoms. The molecule has 0 saturated carbocycles. The second-order valence-electron chi connectivity index (χ2n) is 4.69. The summed E-state index contributed by atoms with van der Waals surface area (Å²) in [6.45, 7) is 1.81. The first kappa shape index (κ1) is 16.1. The zero-order chi connectivity index (χ0) is 16.8. The van der Waals surface area contributed by atoms with Gasteiger partial charge in [0.15, 0.2) is 11.5 Å². The number of nitrogens with one attached hydrogen (secondary N) is 2. The summed E-state index contributed by atoms with van der Waals surface area (Å²) in [4.78, 5) is 35.0. The van der Waals surface area contributed by atoms with E-state index in [-0.39, 0.29) is 11.5 Å². The molecule has 2 aromatic heterocycles. The van der Waals surface area contributed by atoms with Crippen molar-refractivity contribution in [2.75, 3.05) is 10.6 Å². The van der Waals surface area contributed by atoms with Crippen molar-refractivity contribution in [3.8, 4) is 0 Å². The third-order valence-electron chi connectivity index (χ3n) is 3.00. The Balaban J connectivity index is 2.32. The van der Waals surface area contributed by atoms with Gasteiger partial charge in [0.25, 0.3) is 5.91 Å². The largest absolute Gasteiger partial charge is 0.368 e. The van der Waals surface area contributed by atoms with Gasteiger partial charge in [0.2, 0.25) is 5.91 Å². The van der Waals surface area contributed by atoms with E-state index in [0.29, 0.717) is 17.9 Å². The predicted octanol–water partition coefficient (Wildman–Crippen LogP) is 0.390. The second kappa shape index (κ2) is 7.16.